The third kappa shape index (κ3) is 4.11. The lowest BCUT2D eigenvalue weighted by molar-refractivity contribution is 0.0581. The smallest absolute Gasteiger partial charge is 0.336 e. The quantitative estimate of drug-likeness (QED) is 0.348. The van der Waals surface area contributed by atoms with Gasteiger partial charge in [-0.1, -0.05) is 0 Å². The minimum Gasteiger partial charge on any atom is -0.478 e. The Bertz CT molecular complexity index is 619. The van der Waals surface area contributed by atoms with E-state index in [1.54, 1.807) is 22.6 Å². The van der Waals surface area contributed by atoms with Gasteiger partial charge in [0.25, 0.3) is 0 Å². The second-order valence-electron chi connectivity index (χ2n) is 4.31. The summed E-state index contributed by atoms with van der Waals surface area (Å²) >= 11 is 1.75. The van der Waals surface area contributed by atoms with Crippen LogP contribution >= 0.6 is 22.6 Å². The molecule has 1 rings (SSSR count). The Labute approximate surface area is 134 Å². The monoisotopic (exact) mass is 431 g/mol. The van der Waals surface area contributed by atoms with E-state index in [4.69, 9.17) is 20.4 Å². The molecule has 1 aromatic carbocycles. The standard InChI is InChI=1S/C11H14INO7S/c12-9-2-1-7(3-8(9)10(17)18)21(19,20)13-11(4-14,5-15)6-16/h1-3,13-16H,4-6H2,(H,17,18). The molecule has 0 radical (unpaired) electrons. The number of sulfonamides is 1. The maximum atomic E-state index is 12.2. The summed E-state index contributed by atoms with van der Waals surface area (Å²) in [6.45, 7) is -2.47. The number of benzene rings is 1. The number of carboxylic acids is 1. The van der Waals surface area contributed by atoms with Crippen LogP contribution in [0.5, 0.6) is 0 Å². The molecule has 1 aromatic rings. The van der Waals surface area contributed by atoms with Gasteiger partial charge in [0.15, 0.2) is 0 Å². The average Bonchev–Trinajstić information content (AvgIpc) is 2.44. The first kappa shape index (κ1) is 18.3. The van der Waals surface area contributed by atoms with Crippen LogP contribution in [0.1, 0.15) is 10.4 Å². The topological polar surface area (TPSA) is 144 Å². The maximum Gasteiger partial charge on any atom is 0.336 e. The number of rotatable bonds is 7. The van der Waals surface area contributed by atoms with Crippen LogP contribution in [0.3, 0.4) is 0 Å². The average molecular weight is 431 g/mol. The number of hydrogen-bond acceptors (Lipinski definition) is 6. The lowest BCUT2D eigenvalue weighted by atomic mass is 10.1. The molecular formula is C11H14INO7S. The van der Waals surface area contributed by atoms with Gasteiger partial charge >= 0.3 is 5.97 Å². The van der Waals surface area contributed by atoms with E-state index in [-0.39, 0.29) is 10.5 Å². The summed E-state index contributed by atoms with van der Waals surface area (Å²) in [6.07, 6.45) is 0. The minimum atomic E-state index is -4.22. The van der Waals surface area contributed by atoms with Crippen LogP contribution in [0, 0.1) is 3.57 Å². The van der Waals surface area contributed by atoms with E-state index >= 15 is 0 Å². The second-order valence-corrected chi connectivity index (χ2v) is 7.15. The normalized spacial score (nSPS) is 12.4. The zero-order valence-electron chi connectivity index (χ0n) is 10.7. The summed E-state index contributed by atoms with van der Waals surface area (Å²) in [4.78, 5) is 10.7. The Kier molecular flexibility index (Phi) is 6.07. The zero-order valence-corrected chi connectivity index (χ0v) is 13.6. The van der Waals surface area contributed by atoms with Crippen molar-refractivity contribution in [1.82, 2.24) is 4.72 Å². The van der Waals surface area contributed by atoms with E-state index in [1.807, 2.05) is 4.72 Å². The van der Waals surface area contributed by atoms with Crippen molar-refractivity contribution in [2.45, 2.75) is 10.4 Å². The summed E-state index contributed by atoms with van der Waals surface area (Å²) in [6, 6.07) is 3.47. The summed E-state index contributed by atoms with van der Waals surface area (Å²) in [5, 5.41) is 36.4. The number of carboxylic acid groups (broad SMARTS) is 1. The van der Waals surface area contributed by atoms with Crippen molar-refractivity contribution in [1.29, 1.82) is 0 Å². The number of aromatic carboxylic acids is 1. The number of hydrogen-bond donors (Lipinski definition) is 5. The number of aliphatic hydroxyl groups excluding tert-OH is 3. The molecule has 118 valence electrons. The summed E-state index contributed by atoms with van der Waals surface area (Å²) in [7, 11) is -4.22. The molecule has 0 amide bonds. The van der Waals surface area contributed by atoms with E-state index < -0.39 is 41.4 Å². The Hall–Kier alpha value is -0.790. The Morgan fingerprint density at radius 1 is 1.19 bits per heavy atom. The van der Waals surface area contributed by atoms with E-state index in [9.17, 15) is 13.2 Å². The van der Waals surface area contributed by atoms with Crippen molar-refractivity contribution in [3.63, 3.8) is 0 Å². The largest absolute Gasteiger partial charge is 0.478 e. The van der Waals surface area contributed by atoms with E-state index in [0.717, 1.165) is 6.07 Å². The molecule has 5 N–H and O–H groups in total. The van der Waals surface area contributed by atoms with Gasteiger partial charge in [0.2, 0.25) is 10.0 Å². The second kappa shape index (κ2) is 6.98. The Morgan fingerprint density at radius 2 is 1.71 bits per heavy atom. The highest BCUT2D eigenvalue weighted by Crippen LogP contribution is 2.19. The molecule has 8 nitrogen and oxygen atoms in total. The van der Waals surface area contributed by atoms with Crippen molar-refractivity contribution in [3.05, 3.63) is 27.3 Å². The van der Waals surface area contributed by atoms with Crippen LogP contribution in [0.2, 0.25) is 0 Å². The highest BCUT2D eigenvalue weighted by atomic mass is 127. The molecule has 21 heavy (non-hydrogen) atoms. The lowest BCUT2D eigenvalue weighted by Gasteiger charge is -2.28. The van der Waals surface area contributed by atoms with Gasteiger partial charge in [0.1, 0.15) is 5.54 Å². The van der Waals surface area contributed by atoms with Gasteiger partial charge < -0.3 is 20.4 Å². The van der Waals surface area contributed by atoms with Crippen LogP contribution < -0.4 is 4.72 Å². The number of nitrogens with one attached hydrogen (secondary N) is 1. The lowest BCUT2D eigenvalue weighted by Crippen LogP contribution is -2.56. The highest BCUT2D eigenvalue weighted by Gasteiger charge is 2.34. The molecule has 0 aromatic heterocycles. The maximum absolute atomic E-state index is 12.2. The van der Waals surface area contributed by atoms with Gasteiger partial charge in [0, 0.05) is 3.57 Å². The molecule has 0 unspecified atom stereocenters. The molecule has 10 heteroatoms. The fourth-order valence-corrected chi connectivity index (χ4v) is 3.39. The van der Waals surface area contributed by atoms with Crippen LogP contribution in [0.15, 0.2) is 23.1 Å². The molecule has 0 aliphatic carbocycles. The first-order valence-corrected chi connectivity index (χ1v) is 8.17. The van der Waals surface area contributed by atoms with E-state index in [1.165, 1.54) is 12.1 Å². The predicted molar refractivity (Wildman–Crippen MR) is 80.4 cm³/mol. The summed E-state index contributed by atoms with van der Waals surface area (Å²) < 4.78 is 26.7. The molecular weight excluding hydrogens is 417 g/mol. The first-order chi connectivity index (χ1) is 9.71. The molecule has 0 saturated carbocycles. The zero-order chi connectivity index (χ0) is 16.3. The van der Waals surface area contributed by atoms with Crippen LogP contribution in [-0.4, -0.2) is 60.2 Å². The van der Waals surface area contributed by atoms with Crippen molar-refractivity contribution in [2.24, 2.45) is 0 Å². The molecule has 0 aliphatic heterocycles. The SMILES string of the molecule is O=C(O)c1cc(S(=O)(=O)NC(CO)(CO)CO)ccc1I. The molecule has 0 heterocycles. The molecule has 0 saturated heterocycles. The number of carbonyl (C=O) groups is 1. The summed E-state index contributed by atoms with van der Waals surface area (Å²) in [5.41, 5.74) is -2.02. The van der Waals surface area contributed by atoms with E-state index in [2.05, 4.69) is 0 Å². The van der Waals surface area contributed by atoms with Crippen LogP contribution in [0.25, 0.3) is 0 Å². The Balaban J connectivity index is 3.26. The molecule has 0 bridgehead atoms. The van der Waals surface area contributed by atoms with Gasteiger partial charge in [-0.25, -0.2) is 13.2 Å². The fraction of sp³-hybridized carbons (Fsp3) is 0.364. The fourth-order valence-electron chi connectivity index (χ4n) is 1.43. The number of halogens is 1. The first-order valence-electron chi connectivity index (χ1n) is 5.61. The third-order valence-electron chi connectivity index (χ3n) is 2.74. The van der Waals surface area contributed by atoms with Crippen molar-refractivity contribution in [2.75, 3.05) is 19.8 Å². The van der Waals surface area contributed by atoms with Crippen LogP contribution in [0.4, 0.5) is 0 Å². The van der Waals surface area contributed by atoms with Gasteiger partial charge in [-0.3, -0.25) is 0 Å². The Morgan fingerprint density at radius 3 is 2.14 bits per heavy atom. The van der Waals surface area contributed by atoms with Crippen molar-refractivity contribution < 1.29 is 33.6 Å². The van der Waals surface area contributed by atoms with Crippen LogP contribution in [-0.2, 0) is 10.0 Å². The molecule has 0 atom stereocenters. The van der Waals surface area contributed by atoms with Gasteiger partial charge in [0.05, 0.1) is 30.3 Å². The van der Waals surface area contributed by atoms with Crippen molar-refractivity contribution in [3.8, 4) is 0 Å². The summed E-state index contributed by atoms with van der Waals surface area (Å²) in [5.74, 6) is -1.28. The third-order valence-corrected chi connectivity index (χ3v) is 5.25. The minimum absolute atomic E-state index is 0.193. The number of aliphatic hydroxyl groups is 3. The van der Waals surface area contributed by atoms with Gasteiger partial charge in [-0.05, 0) is 40.8 Å². The predicted octanol–water partition coefficient (Wildman–Crippen LogP) is -1.02. The molecule has 0 aliphatic rings. The van der Waals surface area contributed by atoms with Gasteiger partial charge in [-0.2, -0.15) is 4.72 Å². The van der Waals surface area contributed by atoms with Crippen molar-refractivity contribution >= 4 is 38.6 Å². The van der Waals surface area contributed by atoms with E-state index in [0.29, 0.717) is 3.57 Å². The molecule has 0 spiro atoms. The van der Waals surface area contributed by atoms with Gasteiger partial charge in [-0.15, -0.1) is 0 Å². The highest BCUT2D eigenvalue weighted by molar-refractivity contribution is 14.1. The molecule has 0 fully saturated rings.